The van der Waals surface area contributed by atoms with Crippen LogP contribution in [0.4, 0.5) is 5.69 Å². The summed E-state index contributed by atoms with van der Waals surface area (Å²) in [6.07, 6.45) is 3.00. The van der Waals surface area contributed by atoms with Crippen LogP contribution in [0.15, 0.2) is 28.7 Å². The lowest BCUT2D eigenvalue weighted by Gasteiger charge is -2.30. The molecule has 0 aromatic heterocycles. The molecule has 5 heteroatoms. The van der Waals surface area contributed by atoms with Crippen LogP contribution in [-0.4, -0.2) is 36.2 Å². The number of amides is 1. The second-order valence-electron chi connectivity index (χ2n) is 5.24. The lowest BCUT2D eigenvalue weighted by molar-refractivity contribution is -0.121. The predicted octanol–water partition coefficient (Wildman–Crippen LogP) is 2.83. The lowest BCUT2D eigenvalue weighted by Crippen LogP contribution is -2.40. The normalized spacial score (nSPS) is 16.4. The minimum Gasteiger partial charge on any atom is -0.325 e. The summed E-state index contributed by atoms with van der Waals surface area (Å²) in [4.78, 5) is 25.3. The summed E-state index contributed by atoms with van der Waals surface area (Å²) in [5.41, 5.74) is 0.789. The van der Waals surface area contributed by atoms with Crippen molar-refractivity contribution in [2.75, 3.05) is 18.9 Å². The highest BCUT2D eigenvalue weighted by Gasteiger charge is 2.23. The number of rotatable bonds is 4. The Morgan fingerprint density at radius 3 is 2.75 bits per heavy atom. The van der Waals surface area contributed by atoms with Crippen LogP contribution in [0.2, 0.25) is 0 Å². The van der Waals surface area contributed by atoms with E-state index < -0.39 is 0 Å². The van der Waals surface area contributed by atoms with E-state index in [-0.39, 0.29) is 5.91 Å². The average molecular weight is 339 g/mol. The molecule has 1 N–H and O–H groups in total. The molecule has 1 aromatic carbocycles. The highest BCUT2D eigenvalue weighted by molar-refractivity contribution is 9.10. The number of anilines is 1. The first kappa shape index (κ1) is 15.2. The molecule has 1 amide bonds. The number of carbonyl (C=O) groups is 2. The standard InChI is InChI=1S/C15H19BrN2O2/c1-18(13-5-7-14(19)8-6-13)10-15(20)17-12-4-2-3-11(16)9-12/h2-4,9,13H,5-8,10H2,1H3,(H,17,20). The monoisotopic (exact) mass is 338 g/mol. The Hall–Kier alpha value is -1.20. The number of hydrogen-bond acceptors (Lipinski definition) is 3. The second-order valence-corrected chi connectivity index (χ2v) is 6.16. The molecule has 20 heavy (non-hydrogen) atoms. The zero-order valence-electron chi connectivity index (χ0n) is 11.6. The van der Waals surface area contributed by atoms with Crippen LogP contribution in [0.1, 0.15) is 25.7 Å². The summed E-state index contributed by atoms with van der Waals surface area (Å²) in [5.74, 6) is 0.315. The van der Waals surface area contributed by atoms with E-state index in [1.807, 2.05) is 36.2 Å². The van der Waals surface area contributed by atoms with Gasteiger partial charge in [0.1, 0.15) is 5.78 Å². The molecule has 0 unspecified atom stereocenters. The number of likely N-dealkylation sites (N-methyl/N-ethyl adjacent to an activating group) is 1. The molecule has 4 nitrogen and oxygen atoms in total. The summed E-state index contributed by atoms with van der Waals surface area (Å²) < 4.78 is 0.939. The van der Waals surface area contributed by atoms with Crippen LogP contribution in [0.25, 0.3) is 0 Å². The van der Waals surface area contributed by atoms with E-state index in [0.29, 0.717) is 31.2 Å². The molecule has 2 rings (SSSR count). The molecule has 1 aromatic rings. The van der Waals surface area contributed by atoms with Crippen molar-refractivity contribution in [3.8, 4) is 0 Å². The third-order valence-electron chi connectivity index (χ3n) is 3.64. The third kappa shape index (κ3) is 4.42. The number of nitrogens with one attached hydrogen (secondary N) is 1. The number of hydrogen-bond donors (Lipinski definition) is 1. The molecule has 0 atom stereocenters. The van der Waals surface area contributed by atoms with Crippen molar-refractivity contribution in [1.82, 2.24) is 4.90 Å². The quantitative estimate of drug-likeness (QED) is 0.918. The highest BCUT2D eigenvalue weighted by Crippen LogP contribution is 2.19. The van der Waals surface area contributed by atoms with Gasteiger partial charge in [-0.05, 0) is 38.1 Å². The van der Waals surface area contributed by atoms with Gasteiger partial charge >= 0.3 is 0 Å². The molecule has 1 aliphatic rings. The minimum absolute atomic E-state index is 0.0255. The summed E-state index contributed by atoms with van der Waals surface area (Å²) in [6, 6.07) is 7.87. The fourth-order valence-electron chi connectivity index (χ4n) is 2.49. The molecule has 0 spiro atoms. The largest absolute Gasteiger partial charge is 0.325 e. The Morgan fingerprint density at radius 1 is 1.40 bits per heavy atom. The van der Waals surface area contributed by atoms with E-state index in [9.17, 15) is 9.59 Å². The zero-order chi connectivity index (χ0) is 14.5. The SMILES string of the molecule is CN(CC(=O)Nc1cccc(Br)c1)C1CCC(=O)CC1. The number of nitrogens with zero attached hydrogens (tertiary/aromatic N) is 1. The third-order valence-corrected chi connectivity index (χ3v) is 4.13. The fraction of sp³-hybridized carbons (Fsp3) is 0.467. The van der Waals surface area contributed by atoms with E-state index >= 15 is 0 Å². The van der Waals surface area contributed by atoms with Crippen LogP contribution >= 0.6 is 15.9 Å². The van der Waals surface area contributed by atoms with Crippen molar-refractivity contribution in [1.29, 1.82) is 0 Å². The van der Waals surface area contributed by atoms with Crippen molar-refractivity contribution in [2.45, 2.75) is 31.7 Å². The zero-order valence-corrected chi connectivity index (χ0v) is 13.1. The van der Waals surface area contributed by atoms with Crippen molar-refractivity contribution >= 4 is 33.3 Å². The van der Waals surface area contributed by atoms with E-state index in [4.69, 9.17) is 0 Å². The van der Waals surface area contributed by atoms with Crippen molar-refractivity contribution in [3.05, 3.63) is 28.7 Å². The molecular formula is C15H19BrN2O2. The van der Waals surface area contributed by atoms with Gasteiger partial charge in [-0.25, -0.2) is 0 Å². The molecule has 0 bridgehead atoms. The van der Waals surface area contributed by atoms with Crippen LogP contribution in [-0.2, 0) is 9.59 Å². The molecule has 0 saturated heterocycles. The first-order valence-corrected chi connectivity index (χ1v) is 7.61. The second kappa shape index (κ2) is 6.99. The van der Waals surface area contributed by atoms with Gasteiger partial charge in [-0.1, -0.05) is 22.0 Å². The molecule has 0 aliphatic heterocycles. The Labute approximate surface area is 127 Å². The van der Waals surface area contributed by atoms with Gasteiger partial charge in [-0.2, -0.15) is 0 Å². The number of benzene rings is 1. The number of carbonyl (C=O) groups excluding carboxylic acids is 2. The molecule has 1 saturated carbocycles. The first-order valence-electron chi connectivity index (χ1n) is 6.82. The maximum atomic E-state index is 12.0. The molecule has 108 valence electrons. The Bertz CT molecular complexity index is 494. The summed E-state index contributed by atoms with van der Waals surface area (Å²) in [5, 5.41) is 2.88. The molecule has 1 fully saturated rings. The number of ketones is 1. The van der Waals surface area contributed by atoms with Crippen molar-refractivity contribution in [2.24, 2.45) is 0 Å². The maximum absolute atomic E-state index is 12.0. The number of Topliss-reactive ketones (excluding diaryl/α,β-unsaturated/α-hetero) is 1. The van der Waals surface area contributed by atoms with E-state index in [2.05, 4.69) is 21.2 Å². The predicted molar refractivity (Wildman–Crippen MR) is 82.7 cm³/mol. The topological polar surface area (TPSA) is 49.4 Å². The van der Waals surface area contributed by atoms with E-state index in [1.165, 1.54) is 0 Å². The Balaban J connectivity index is 1.83. The first-order chi connectivity index (χ1) is 9.54. The smallest absolute Gasteiger partial charge is 0.238 e. The van der Waals surface area contributed by atoms with Gasteiger partial charge in [0.25, 0.3) is 0 Å². The fourth-order valence-corrected chi connectivity index (χ4v) is 2.89. The maximum Gasteiger partial charge on any atom is 0.238 e. The van der Waals surface area contributed by atoms with Gasteiger partial charge in [0.2, 0.25) is 5.91 Å². The summed E-state index contributed by atoms with van der Waals surface area (Å²) in [6.45, 7) is 0.353. The van der Waals surface area contributed by atoms with Crippen LogP contribution in [0.5, 0.6) is 0 Å². The van der Waals surface area contributed by atoms with Gasteiger partial charge in [0.15, 0.2) is 0 Å². The van der Waals surface area contributed by atoms with Gasteiger partial charge in [-0.3, -0.25) is 14.5 Å². The molecule has 0 heterocycles. The van der Waals surface area contributed by atoms with Crippen LogP contribution < -0.4 is 5.32 Å². The average Bonchev–Trinajstić information content (AvgIpc) is 2.39. The van der Waals surface area contributed by atoms with Crippen LogP contribution in [0, 0.1) is 0 Å². The highest BCUT2D eigenvalue weighted by atomic mass is 79.9. The summed E-state index contributed by atoms with van der Waals surface area (Å²) in [7, 11) is 1.95. The van der Waals surface area contributed by atoms with Crippen molar-refractivity contribution < 1.29 is 9.59 Å². The van der Waals surface area contributed by atoms with Gasteiger partial charge < -0.3 is 5.32 Å². The Kier molecular flexibility index (Phi) is 5.31. The van der Waals surface area contributed by atoms with E-state index in [1.54, 1.807) is 0 Å². The lowest BCUT2D eigenvalue weighted by atomic mass is 9.93. The molecular weight excluding hydrogens is 320 g/mol. The van der Waals surface area contributed by atoms with Gasteiger partial charge in [-0.15, -0.1) is 0 Å². The molecule has 0 radical (unpaired) electrons. The van der Waals surface area contributed by atoms with Crippen LogP contribution in [0.3, 0.4) is 0 Å². The van der Waals surface area contributed by atoms with E-state index in [0.717, 1.165) is 23.0 Å². The molecule has 1 aliphatic carbocycles. The van der Waals surface area contributed by atoms with Crippen molar-refractivity contribution in [3.63, 3.8) is 0 Å². The van der Waals surface area contributed by atoms with Gasteiger partial charge in [0, 0.05) is 29.0 Å². The van der Waals surface area contributed by atoms with Gasteiger partial charge in [0.05, 0.1) is 6.54 Å². The summed E-state index contributed by atoms with van der Waals surface area (Å²) >= 11 is 3.38. The number of halogens is 1. The minimum atomic E-state index is -0.0255. The Morgan fingerprint density at radius 2 is 2.10 bits per heavy atom.